The Labute approximate surface area is 192 Å². The molecule has 1 saturated heterocycles. The molecule has 33 heavy (non-hydrogen) atoms. The molecule has 172 valence electrons. The summed E-state index contributed by atoms with van der Waals surface area (Å²) in [5, 5.41) is 2.87. The highest BCUT2D eigenvalue weighted by Gasteiger charge is 2.28. The quantitative estimate of drug-likeness (QED) is 0.590. The number of carbonyl (C=O) groups is 1. The SMILES string of the molecule is CC(C(=O)Nc1cccnc1)c1ccc(OC2CCN(c3nc(N(C)C)ncc3F)C2)cc1. The van der Waals surface area contributed by atoms with Gasteiger partial charge in [-0.05, 0) is 36.8 Å². The molecule has 1 aliphatic heterocycles. The van der Waals surface area contributed by atoms with E-state index in [4.69, 9.17) is 4.74 Å². The molecule has 0 bridgehead atoms. The van der Waals surface area contributed by atoms with Crippen molar-refractivity contribution in [2.24, 2.45) is 0 Å². The minimum atomic E-state index is -0.441. The normalized spacial score (nSPS) is 16.4. The minimum absolute atomic E-state index is 0.0840. The van der Waals surface area contributed by atoms with Crippen LogP contribution in [-0.2, 0) is 4.79 Å². The lowest BCUT2D eigenvalue weighted by molar-refractivity contribution is -0.117. The monoisotopic (exact) mass is 450 g/mol. The van der Waals surface area contributed by atoms with E-state index >= 15 is 0 Å². The highest BCUT2D eigenvalue weighted by Crippen LogP contribution is 2.26. The maximum absolute atomic E-state index is 14.3. The smallest absolute Gasteiger partial charge is 0.231 e. The van der Waals surface area contributed by atoms with Crippen molar-refractivity contribution in [3.8, 4) is 5.75 Å². The molecule has 9 heteroatoms. The van der Waals surface area contributed by atoms with Crippen molar-refractivity contribution in [1.29, 1.82) is 0 Å². The van der Waals surface area contributed by atoms with Crippen LogP contribution >= 0.6 is 0 Å². The lowest BCUT2D eigenvalue weighted by Crippen LogP contribution is -2.27. The number of aromatic nitrogens is 3. The zero-order valence-corrected chi connectivity index (χ0v) is 18.9. The molecule has 8 nitrogen and oxygen atoms in total. The molecule has 3 aromatic rings. The predicted molar refractivity (Wildman–Crippen MR) is 125 cm³/mol. The van der Waals surface area contributed by atoms with Crippen LogP contribution in [0, 0.1) is 5.82 Å². The molecule has 3 heterocycles. The number of carbonyl (C=O) groups excluding carboxylic acids is 1. The molecule has 1 fully saturated rings. The number of amides is 1. The summed E-state index contributed by atoms with van der Waals surface area (Å²) >= 11 is 0. The summed E-state index contributed by atoms with van der Waals surface area (Å²) < 4.78 is 20.4. The minimum Gasteiger partial charge on any atom is -0.489 e. The van der Waals surface area contributed by atoms with Gasteiger partial charge in [-0.3, -0.25) is 9.78 Å². The molecule has 4 rings (SSSR count). The lowest BCUT2D eigenvalue weighted by atomic mass is 10.0. The number of ether oxygens (including phenoxy) is 1. The van der Waals surface area contributed by atoms with Crippen LogP contribution in [0.4, 0.5) is 21.8 Å². The van der Waals surface area contributed by atoms with E-state index in [0.717, 1.165) is 12.0 Å². The van der Waals surface area contributed by atoms with Gasteiger partial charge >= 0.3 is 0 Å². The molecule has 2 unspecified atom stereocenters. The number of anilines is 3. The standard InChI is InChI=1S/C24H27FN6O2/c1-16(23(32)28-18-5-4-11-26-13-18)17-6-8-19(9-7-17)33-20-10-12-31(15-20)22-21(25)14-27-24(29-22)30(2)3/h4-9,11,13-14,16,20H,10,12,15H2,1-3H3,(H,28,32). The molecule has 1 amide bonds. The highest BCUT2D eigenvalue weighted by atomic mass is 19.1. The Morgan fingerprint density at radius 1 is 1.24 bits per heavy atom. The van der Waals surface area contributed by atoms with Gasteiger partial charge in [0.25, 0.3) is 0 Å². The number of nitrogens with one attached hydrogen (secondary N) is 1. The van der Waals surface area contributed by atoms with E-state index in [1.165, 1.54) is 6.20 Å². The fraction of sp³-hybridized carbons (Fsp3) is 0.333. The Hall–Kier alpha value is -3.75. The second kappa shape index (κ2) is 9.81. The van der Waals surface area contributed by atoms with Gasteiger partial charge < -0.3 is 19.9 Å². The van der Waals surface area contributed by atoms with Gasteiger partial charge in [-0.2, -0.15) is 4.98 Å². The first-order valence-electron chi connectivity index (χ1n) is 10.8. The van der Waals surface area contributed by atoms with Crippen molar-refractivity contribution in [1.82, 2.24) is 15.0 Å². The number of halogens is 1. The second-order valence-corrected chi connectivity index (χ2v) is 8.23. The third kappa shape index (κ3) is 5.36. The first-order chi connectivity index (χ1) is 15.9. The van der Waals surface area contributed by atoms with Gasteiger partial charge in [0, 0.05) is 33.3 Å². The van der Waals surface area contributed by atoms with Crippen LogP contribution in [0.25, 0.3) is 0 Å². The third-order valence-corrected chi connectivity index (χ3v) is 5.56. The maximum atomic E-state index is 14.3. The molecular weight excluding hydrogens is 423 g/mol. The van der Waals surface area contributed by atoms with Crippen LogP contribution in [-0.4, -0.2) is 54.1 Å². The van der Waals surface area contributed by atoms with Crippen molar-refractivity contribution in [3.05, 3.63) is 66.4 Å². The van der Waals surface area contributed by atoms with Crippen LogP contribution in [0.3, 0.4) is 0 Å². The van der Waals surface area contributed by atoms with E-state index < -0.39 is 5.82 Å². The fourth-order valence-corrected chi connectivity index (χ4v) is 3.67. The van der Waals surface area contributed by atoms with Crippen LogP contribution < -0.4 is 19.9 Å². The summed E-state index contributed by atoms with van der Waals surface area (Å²) in [6.45, 7) is 3.04. The second-order valence-electron chi connectivity index (χ2n) is 8.23. The molecule has 0 spiro atoms. The first kappa shape index (κ1) is 22.4. The topological polar surface area (TPSA) is 83.5 Å². The van der Waals surface area contributed by atoms with Gasteiger partial charge in [-0.1, -0.05) is 12.1 Å². The Balaban J connectivity index is 1.35. The predicted octanol–water partition coefficient (Wildman–Crippen LogP) is 3.48. The van der Waals surface area contributed by atoms with Gasteiger partial charge in [0.15, 0.2) is 11.6 Å². The van der Waals surface area contributed by atoms with E-state index in [1.807, 2.05) is 50.2 Å². The average molecular weight is 451 g/mol. The van der Waals surface area contributed by atoms with E-state index in [1.54, 1.807) is 29.4 Å². The molecule has 0 aliphatic carbocycles. The summed E-state index contributed by atoms with van der Waals surface area (Å²) in [7, 11) is 3.64. The van der Waals surface area contributed by atoms with Gasteiger partial charge in [0.2, 0.25) is 11.9 Å². The van der Waals surface area contributed by atoms with Crippen LogP contribution in [0.5, 0.6) is 5.75 Å². The van der Waals surface area contributed by atoms with E-state index in [2.05, 4.69) is 20.3 Å². The number of hydrogen-bond donors (Lipinski definition) is 1. The maximum Gasteiger partial charge on any atom is 0.231 e. The van der Waals surface area contributed by atoms with E-state index in [-0.39, 0.29) is 17.9 Å². The molecule has 1 aliphatic rings. The Kier molecular flexibility index (Phi) is 6.67. The number of hydrogen-bond acceptors (Lipinski definition) is 7. The number of rotatable bonds is 7. The molecule has 1 N–H and O–H groups in total. The van der Waals surface area contributed by atoms with Crippen LogP contribution in [0.2, 0.25) is 0 Å². The van der Waals surface area contributed by atoms with Crippen LogP contribution in [0.1, 0.15) is 24.8 Å². The number of benzene rings is 1. The third-order valence-electron chi connectivity index (χ3n) is 5.56. The van der Waals surface area contributed by atoms with E-state index in [9.17, 15) is 9.18 Å². The molecule has 0 radical (unpaired) electrons. The van der Waals surface area contributed by atoms with Crippen molar-refractivity contribution >= 4 is 23.4 Å². The first-order valence-corrected chi connectivity index (χ1v) is 10.8. The van der Waals surface area contributed by atoms with Crippen molar-refractivity contribution in [2.45, 2.75) is 25.4 Å². The highest BCUT2D eigenvalue weighted by molar-refractivity contribution is 5.95. The van der Waals surface area contributed by atoms with Gasteiger partial charge in [-0.25, -0.2) is 9.37 Å². The zero-order chi connectivity index (χ0) is 23.4. The molecule has 0 saturated carbocycles. The van der Waals surface area contributed by atoms with Crippen molar-refractivity contribution in [2.75, 3.05) is 42.3 Å². The molecule has 2 atom stereocenters. The summed E-state index contributed by atoms with van der Waals surface area (Å²) in [6.07, 6.45) is 5.15. The largest absolute Gasteiger partial charge is 0.489 e. The lowest BCUT2D eigenvalue weighted by Gasteiger charge is -2.20. The number of nitrogens with zero attached hydrogens (tertiary/aromatic N) is 5. The average Bonchev–Trinajstić information content (AvgIpc) is 3.28. The van der Waals surface area contributed by atoms with Crippen LogP contribution in [0.15, 0.2) is 55.0 Å². The molecule has 2 aromatic heterocycles. The fourth-order valence-electron chi connectivity index (χ4n) is 3.67. The van der Waals surface area contributed by atoms with Crippen molar-refractivity contribution in [3.63, 3.8) is 0 Å². The van der Waals surface area contributed by atoms with Crippen molar-refractivity contribution < 1.29 is 13.9 Å². The van der Waals surface area contributed by atoms with E-state index in [0.29, 0.717) is 36.3 Å². The summed E-state index contributed by atoms with van der Waals surface area (Å²) in [6, 6.07) is 11.1. The molecular formula is C24H27FN6O2. The van der Waals surface area contributed by atoms with Gasteiger partial charge in [-0.15, -0.1) is 0 Å². The van der Waals surface area contributed by atoms with Gasteiger partial charge in [0.1, 0.15) is 11.9 Å². The summed E-state index contributed by atoms with van der Waals surface area (Å²) in [5.41, 5.74) is 1.55. The summed E-state index contributed by atoms with van der Waals surface area (Å²) in [5.74, 6) is 0.600. The Bertz CT molecular complexity index is 1090. The number of pyridine rings is 1. The zero-order valence-electron chi connectivity index (χ0n) is 18.9. The Morgan fingerprint density at radius 3 is 2.73 bits per heavy atom. The Morgan fingerprint density at radius 2 is 2.03 bits per heavy atom. The molecule has 1 aromatic carbocycles. The summed E-state index contributed by atoms with van der Waals surface area (Å²) in [4.78, 5) is 28.5. The van der Waals surface area contributed by atoms with Gasteiger partial charge in [0.05, 0.1) is 30.5 Å².